The van der Waals surface area contributed by atoms with Crippen molar-refractivity contribution in [1.29, 1.82) is 0 Å². The molecule has 0 unspecified atom stereocenters. The highest BCUT2D eigenvalue weighted by Crippen LogP contribution is 2.16. The molecule has 25 heavy (non-hydrogen) atoms. The molecule has 0 saturated carbocycles. The van der Waals surface area contributed by atoms with E-state index in [2.05, 4.69) is 15.5 Å². The number of nitrogens with zero attached hydrogens (tertiary/aromatic N) is 2. The normalized spacial score (nSPS) is 10.7. The first-order valence-electron chi connectivity index (χ1n) is 7.61. The molecule has 1 aromatic heterocycles. The third kappa shape index (κ3) is 5.39. The van der Waals surface area contributed by atoms with Crippen molar-refractivity contribution >= 4 is 34.6 Å². The van der Waals surface area contributed by atoms with Gasteiger partial charge >= 0.3 is 11.9 Å². The standard InChI is InChI=1S/C17H19N3O4S/c1-4-24-15(21)8-13-10-25-17(19-13)20-18-9-12-6-5-11(2)14(7-12)16(22)23-3/h5-7,9-10H,4,8H2,1-3H3,(H,19,20). The molecule has 0 amide bonds. The maximum atomic E-state index is 11.7. The molecule has 1 heterocycles. The lowest BCUT2D eigenvalue weighted by atomic mass is 10.1. The molecule has 8 heteroatoms. The first-order valence-corrected chi connectivity index (χ1v) is 8.49. The summed E-state index contributed by atoms with van der Waals surface area (Å²) in [5, 5.41) is 6.44. The van der Waals surface area contributed by atoms with Crippen LogP contribution in [-0.4, -0.2) is 36.9 Å². The number of rotatable bonds is 7. The summed E-state index contributed by atoms with van der Waals surface area (Å²) in [6.07, 6.45) is 1.72. The summed E-state index contributed by atoms with van der Waals surface area (Å²) >= 11 is 1.34. The molecule has 0 spiro atoms. The average Bonchev–Trinajstić information content (AvgIpc) is 3.03. The summed E-state index contributed by atoms with van der Waals surface area (Å²) in [6.45, 7) is 3.95. The number of thiazole rings is 1. The van der Waals surface area contributed by atoms with Gasteiger partial charge in [-0.2, -0.15) is 5.10 Å². The van der Waals surface area contributed by atoms with Crippen LogP contribution in [0.4, 0.5) is 5.13 Å². The van der Waals surface area contributed by atoms with Gasteiger partial charge in [0.2, 0.25) is 5.13 Å². The molecule has 0 atom stereocenters. The number of carbonyl (C=O) groups is 2. The van der Waals surface area contributed by atoms with Crippen LogP contribution in [0.1, 0.15) is 34.1 Å². The number of hydrogen-bond acceptors (Lipinski definition) is 8. The number of hydrogen-bond donors (Lipinski definition) is 1. The van der Waals surface area contributed by atoms with Crippen molar-refractivity contribution in [2.75, 3.05) is 19.1 Å². The van der Waals surface area contributed by atoms with Crippen molar-refractivity contribution in [2.24, 2.45) is 5.10 Å². The van der Waals surface area contributed by atoms with Gasteiger partial charge in [-0.1, -0.05) is 12.1 Å². The van der Waals surface area contributed by atoms with E-state index >= 15 is 0 Å². The van der Waals surface area contributed by atoms with Gasteiger partial charge < -0.3 is 9.47 Å². The highest BCUT2D eigenvalue weighted by atomic mass is 32.1. The van der Waals surface area contributed by atoms with Gasteiger partial charge in [0.1, 0.15) is 0 Å². The maximum Gasteiger partial charge on any atom is 0.338 e. The number of esters is 2. The third-order valence-corrected chi connectivity index (χ3v) is 4.02. The molecule has 0 saturated heterocycles. The first kappa shape index (κ1) is 18.6. The second-order valence-corrected chi connectivity index (χ2v) is 5.92. The molecule has 0 aliphatic heterocycles. The molecular weight excluding hydrogens is 342 g/mol. The van der Waals surface area contributed by atoms with Crippen LogP contribution >= 0.6 is 11.3 Å². The molecule has 0 fully saturated rings. The molecular formula is C17H19N3O4S. The topological polar surface area (TPSA) is 89.9 Å². The van der Waals surface area contributed by atoms with Crippen LogP contribution in [0.25, 0.3) is 0 Å². The summed E-state index contributed by atoms with van der Waals surface area (Å²) in [4.78, 5) is 27.4. The largest absolute Gasteiger partial charge is 0.466 e. The van der Waals surface area contributed by atoms with Gasteiger partial charge in [0.05, 0.1) is 37.6 Å². The van der Waals surface area contributed by atoms with E-state index < -0.39 is 0 Å². The molecule has 132 valence electrons. The lowest BCUT2D eigenvalue weighted by Crippen LogP contribution is -2.07. The van der Waals surface area contributed by atoms with Crippen molar-refractivity contribution in [3.63, 3.8) is 0 Å². The zero-order valence-corrected chi connectivity index (χ0v) is 15.1. The smallest absolute Gasteiger partial charge is 0.338 e. The second kappa shape index (κ2) is 8.93. The van der Waals surface area contributed by atoms with E-state index in [1.807, 2.05) is 19.1 Å². The van der Waals surface area contributed by atoms with E-state index in [1.165, 1.54) is 18.4 Å². The van der Waals surface area contributed by atoms with Gasteiger partial charge in [0, 0.05) is 5.38 Å². The van der Waals surface area contributed by atoms with Gasteiger partial charge in [-0.25, -0.2) is 9.78 Å². The summed E-state index contributed by atoms with van der Waals surface area (Å²) in [7, 11) is 1.35. The number of aromatic nitrogens is 1. The van der Waals surface area contributed by atoms with Gasteiger partial charge in [-0.15, -0.1) is 11.3 Å². The van der Waals surface area contributed by atoms with Crippen molar-refractivity contribution in [1.82, 2.24) is 4.98 Å². The number of hydrazone groups is 1. The Morgan fingerprint density at radius 2 is 2.20 bits per heavy atom. The van der Waals surface area contributed by atoms with E-state index in [4.69, 9.17) is 9.47 Å². The van der Waals surface area contributed by atoms with Crippen LogP contribution in [0.3, 0.4) is 0 Å². The van der Waals surface area contributed by atoms with Crippen LogP contribution in [0.15, 0.2) is 28.7 Å². The first-order chi connectivity index (χ1) is 12.0. The van der Waals surface area contributed by atoms with Crippen molar-refractivity contribution in [3.8, 4) is 0 Å². The SMILES string of the molecule is CCOC(=O)Cc1csc(NN=Cc2ccc(C)c(C(=O)OC)c2)n1. The minimum Gasteiger partial charge on any atom is -0.466 e. The number of benzene rings is 1. The zero-order chi connectivity index (χ0) is 18.2. The Morgan fingerprint density at radius 1 is 1.40 bits per heavy atom. The van der Waals surface area contributed by atoms with Crippen molar-refractivity contribution < 1.29 is 19.1 Å². The molecule has 1 N–H and O–H groups in total. The average molecular weight is 361 g/mol. The Kier molecular flexibility index (Phi) is 6.64. The zero-order valence-electron chi connectivity index (χ0n) is 14.2. The van der Waals surface area contributed by atoms with E-state index in [-0.39, 0.29) is 18.4 Å². The number of methoxy groups -OCH3 is 1. The minimum atomic E-state index is -0.385. The van der Waals surface area contributed by atoms with Crippen LogP contribution in [0.5, 0.6) is 0 Å². The molecule has 0 aliphatic carbocycles. The summed E-state index contributed by atoms with van der Waals surface area (Å²) < 4.78 is 9.63. The number of aryl methyl sites for hydroxylation is 1. The van der Waals surface area contributed by atoms with E-state index in [0.29, 0.717) is 23.0 Å². The molecule has 0 radical (unpaired) electrons. The molecule has 2 rings (SSSR count). The summed E-state index contributed by atoms with van der Waals surface area (Å²) in [5.74, 6) is -0.693. The Hall–Kier alpha value is -2.74. The van der Waals surface area contributed by atoms with E-state index in [0.717, 1.165) is 11.1 Å². The Balaban J connectivity index is 1.98. The van der Waals surface area contributed by atoms with E-state index in [9.17, 15) is 9.59 Å². The Morgan fingerprint density at radius 3 is 2.92 bits per heavy atom. The molecule has 1 aromatic carbocycles. The van der Waals surface area contributed by atoms with Gasteiger partial charge in [-0.05, 0) is 31.0 Å². The number of anilines is 1. The predicted molar refractivity (Wildman–Crippen MR) is 96.2 cm³/mol. The van der Waals surface area contributed by atoms with Gasteiger partial charge in [-0.3, -0.25) is 10.2 Å². The van der Waals surface area contributed by atoms with Crippen LogP contribution in [-0.2, 0) is 20.7 Å². The monoisotopic (exact) mass is 361 g/mol. The van der Waals surface area contributed by atoms with E-state index in [1.54, 1.807) is 24.6 Å². The summed E-state index contributed by atoms with van der Waals surface area (Å²) in [6, 6.07) is 5.38. The maximum absolute atomic E-state index is 11.7. The number of carbonyl (C=O) groups excluding carboxylic acids is 2. The van der Waals surface area contributed by atoms with Gasteiger partial charge in [0.15, 0.2) is 0 Å². The van der Waals surface area contributed by atoms with Crippen LogP contribution < -0.4 is 5.43 Å². The number of nitrogens with one attached hydrogen (secondary N) is 1. The quantitative estimate of drug-likeness (QED) is 0.463. The van der Waals surface area contributed by atoms with Crippen LogP contribution in [0, 0.1) is 6.92 Å². The van der Waals surface area contributed by atoms with Crippen LogP contribution in [0.2, 0.25) is 0 Å². The fraction of sp³-hybridized carbons (Fsp3) is 0.294. The fourth-order valence-corrected chi connectivity index (χ4v) is 2.67. The Labute approximate surface area is 149 Å². The third-order valence-electron chi connectivity index (χ3n) is 3.22. The van der Waals surface area contributed by atoms with Gasteiger partial charge in [0.25, 0.3) is 0 Å². The Bertz CT molecular complexity index is 786. The number of ether oxygens (including phenoxy) is 2. The molecule has 7 nitrogen and oxygen atoms in total. The predicted octanol–water partition coefficient (Wildman–Crippen LogP) is 2.79. The second-order valence-electron chi connectivity index (χ2n) is 5.06. The molecule has 2 aromatic rings. The molecule has 0 aliphatic rings. The lowest BCUT2D eigenvalue weighted by molar-refractivity contribution is -0.142. The lowest BCUT2D eigenvalue weighted by Gasteiger charge is -2.04. The van der Waals surface area contributed by atoms with Crippen molar-refractivity contribution in [3.05, 3.63) is 46.0 Å². The summed E-state index contributed by atoms with van der Waals surface area (Å²) in [5.41, 5.74) is 5.52. The highest BCUT2D eigenvalue weighted by Gasteiger charge is 2.10. The van der Waals surface area contributed by atoms with Crippen molar-refractivity contribution in [2.45, 2.75) is 20.3 Å². The fourth-order valence-electron chi connectivity index (χ4n) is 2.01. The highest BCUT2D eigenvalue weighted by molar-refractivity contribution is 7.13. The minimum absolute atomic E-state index is 0.135. The molecule has 0 bridgehead atoms.